The van der Waals surface area contributed by atoms with Crippen LogP contribution >= 0.6 is 18.1 Å². The number of nitrogens with zero attached hydrogens (tertiary/aromatic N) is 3. The predicted octanol–water partition coefficient (Wildman–Crippen LogP) is 4.72. The van der Waals surface area contributed by atoms with E-state index in [1.807, 2.05) is 54.6 Å². The number of halogens is 1. The van der Waals surface area contributed by atoms with E-state index in [-0.39, 0.29) is 19.1 Å². The molecule has 0 aliphatic carbocycles. The zero-order chi connectivity index (χ0) is 34.3. The Morgan fingerprint density at radius 3 is 2.02 bits per heavy atom. The minimum atomic E-state index is -3.64. The Morgan fingerprint density at radius 1 is 0.979 bits per heavy atom. The molecular weight excluding hydrogens is 653 g/mol. The fourth-order valence-electron chi connectivity index (χ4n) is 6.18. The molecule has 1 fully saturated rings. The van der Waals surface area contributed by atoms with E-state index in [0.29, 0.717) is 31.5 Å². The minimum absolute atomic E-state index is 0.123. The first-order valence-corrected chi connectivity index (χ1v) is 18.3. The molecule has 1 saturated heterocycles. The van der Waals surface area contributed by atoms with Crippen LogP contribution in [0.5, 0.6) is 0 Å². The summed E-state index contributed by atoms with van der Waals surface area (Å²) in [5.74, 6) is -0.160. The Kier molecular flexibility index (Phi) is 11.5. The van der Waals surface area contributed by atoms with Gasteiger partial charge in [0, 0.05) is 38.3 Å². The number of rotatable bonds is 13. The fourth-order valence-corrected chi connectivity index (χ4v) is 6.93. The standard InChI is InChI=1S/C35H41ClN5O6P/c1-26(42)37-21-13-14-27-22-41(34(44)38-33(27)43)32-24-40(23-31(47-32)25-46-48(36,45)39(2)3)35(28-15-7-4-8-16-28,29-17-9-5-10-18-29)30-19-11-6-12-20-30/h4-12,15-20,22,31-32H,13-14,21,23-25H2,1-3H3,(H,37,42)(H,38,43,44). The third-order valence-corrected chi connectivity index (χ3v) is 11.1. The smallest absolute Gasteiger partial charge is 0.356 e. The summed E-state index contributed by atoms with van der Waals surface area (Å²) in [6.07, 6.45) is 0.800. The number of aromatic nitrogens is 2. The lowest BCUT2D eigenvalue weighted by Crippen LogP contribution is -2.58. The lowest BCUT2D eigenvalue weighted by molar-refractivity contribution is -0.148. The number of carbonyl (C=O) groups excluding carboxylic acids is 1. The number of aryl methyl sites for hydroxylation is 1. The topological polar surface area (TPSA) is 126 Å². The highest BCUT2D eigenvalue weighted by Crippen LogP contribution is 2.54. The third kappa shape index (κ3) is 7.89. The molecule has 0 spiro atoms. The van der Waals surface area contributed by atoms with Crippen molar-refractivity contribution in [1.29, 1.82) is 0 Å². The molecule has 1 amide bonds. The van der Waals surface area contributed by atoms with Gasteiger partial charge >= 0.3 is 12.6 Å². The van der Waals surface area contributed by atoms with E-state index in [9.17, 15) is 18.9 Å². The number of carbonyl (C=O) groups is 1. The van der Waals surface area contributed by atoms with Gasteiger partial charge in [0.25, 0.3) is 5.56 Å². The van der Waals surface area contributed by atoms with Crippen LogP contribution in [0.2, 0.25) is 0 Å². The van der Waals surface area contributed by atoms with Gasteiger partial charge in [0.05, 0.1) is 18.2 Å². The fraction of sp³-hybridized carbons (Fsp3) is 0.343. The van der Waals surface area contributed by atoms with Crippen molar-refractivity contribution in [3.8, 4) is 0 Å². The summed E-state index contributed by atoms with van der Waals surface area (Å²) in [7, 11) is 3.15. The molecule has 4 aromatic rings. The minimum Gasteiger partial charge on any atom is -0.356 e. The predicted molar refractivity (Wildman–Crippen MR) is 186 cm³/mol. The van der Waals surface area contributed by atoms with Crippen LogP contribution in [0, 0.1) is 0 Å². The van der Waals surface area contributed by atoms with Crippen LogP contribution in [0.15, 0.2) is 107 Å². The first kappa shape index (κ1) is 35.5. The van der Waals surface area contributed by atoms with Crippen molar-refractivity contribution in [3.63, 3.8) is 0 Å². The van der Waals surface area contributed by atoms with Crippen molar-refractivity contribution in [2.24, 2.45) is 0 Å². The maximum Gasteiger partial charge on any atom is 0.362 e. The van der Waals surface area contributed by atoms with E-state index < -0.39 is 36.0 Å². The molecule has 3 aromatic carbocycles. The van der Waals surface area contributed by atoms with Crippen LogP contribution in [-0.4, -0.2) is 71.5 Å². The second kappa shape index (κ2) is 15.6. The highest BCUT2D eigenvalue weighted by Gasteiger charge is 2.47. The molecule has 5 rings (SSSR count). The van der Waals surface area contributed by atoms with E-state index in [1.165, 1.54) is 22.4 Å². The number of hydrogen-bond acceptors (Lipinski definition) is 7. The second-order valence-electron chi connectivity index (χ2n) is 11.9. The highest BCUT2D eigenvalue weighted by atomic mass is 35.7. The van der Waals surface area contributed by atoms with Gasteiger partial charge < -0.3 is 14.6 Å². The van der Waals surface area contributed by atoms with E-state index >= 15 is 0 Å². The molecule has 1 aliphatic heterocycles. The summed E-state index contributed by atoms with van der Waals surface area (Å²) >= 11 is 6.27. The Balaban J connectivity index is 1.64. The van der Waals surface area contributed by atoms with Crippen molar-refractivity contribution in [2.75, 3.05) is 40.3 Å². The summed E-state index contributed by atoms with van der Waals surface area (Å²) in [5, 5.41) is 2.73. The number of nitrogens with one attached hydrogen (secondary N) is 2. The number of amides is 1. The first-order chi connectivity index (χ1) is 23.0. The molecule has 2 heterocycles. The summed E-state index contributed by atoms with van der Waals surface area (Å²) in [5.41, 5.74) is 1.38. The van der Waals surface area contributed by atoms with E-state index in [0.717, 1.165) is 16.7 Å². The van der Waals surface area contributed by atoms with Gasteiger partial charge in [-0.1, -0.05) is 91.0 Å². The molecule has 2 N–H and O–H groups in total. The molecule has 48 heavy (non-hydrogen) atoms. The number of morpholine rings is 1. The molecule has 1 aliphatic rings. The van der Waals surface area contributed by atoms with Gasteiger partial charge in [-0.25, -0.2) is 9.46 Å². The van der Waals surface area contributed by atoms with Gasteiger partial charge in [-0.3, -0.25) is 28.6 Å². The van der Waals surface area contributed by atoms with Crippen molar-refractivity contribution in [1.82, 2.24) is 24.4 Å². The van der Waals surface area contributed by atoms with E-state index in [1.54, 1.807) is 14.1 Å². The normalized spacial score (nSPS) is 18.4. The first-order valence-electron chi connectivity index (χ1n) is 15.8. The SMILES string of the molecule is CC(=O)NCCCc1cn(C2CN(C(c3ccccc3)(c3ccccc3)c3ccccc3)CC(COP(=O)(Cl)N(C)C)O2)c(=O)[nH]c1=O. The second-order valence-corrected chi connectivity index (χ2v) is 15.2. The lowest BCUT2D eigenvalue weighted by Gasteiger charge is -2.50. The van der Waals surface area contributed by atoms with Crippen molar-refractivity contribution < 1.29 is 18.6 Å². The molecule has 0 bridgehead atoms. The summed E-state index contributed by atoms with van der Waals surface area (Å²) in [4.78, 5) is 42.3. The lowest BCUT2D eigenvalue weighted by atomic mass is 9.75. The maximum absolute atomic E-state index is 13.4. The Labute approximate surface area is 284 Å². The monoisotopic (exact) mass is 693 g/mol. The van der Waals surface area contributed by atoms with Gasteiger partial charge in [-0.2, -0.15) is 0 Å². The molecule has 11 nitrogen and oxygen atoms in total. The quantitative estimate of drug-likeness (QED) is 0.117. The Hall–Kier alpha value is -3.83. The van der Waals surface area contributed by atoms with E-state index in [2.05, 4.69) is 51.6 Å². The van der Waals surface area contributed by atoms with Crippen molar-refractivity contribution in [3.05, 3.63) is 140 Å². The van der Waals surface area contributed by atoms with Gasteiger partial charge in [-0.15, -0.1) is 0 Å². The summed E-state index contributed by atoms with van der Waals surface area (Å²) < 4.78 is 28.1. The van der Waals surface area contributed by atoms with Crippen molar-refractivity contribution in [2.45, 2.75) is 37.6 Å². The Morgan fingerprint density at radius 2 is 1.52 bits per heavy atom. The molecule has 254 valence electrons. The van der Waals surface area contributed by atoms with Gasteiger partial charge in [0.2, 0.25) is 5.91 Å². The molecule has 0 saturated carbocycles. The molecule has 0 radical (unpaired) electrons. The zero-order valence-corrected chi connectivity index (χ0v) is 28.9. The van der Waals surface area contributed by atoms with Crippen molar-refractivity contribution >= 4 is 24.0 Å². The van der Waals surface area contributed by atoms with Gasteiger partial charge in [0.1, 0.15) is 0 Å². The molecule has 1 aromatic heterocycles. The average molecular weight is 694 g/mol. The molecule has 13 heteroatoms. The number of ether oxygens (including phenoxy) is 1. The van der Waals surface area contributed by atoms with Crippen LogP contribution < -0.4 is 16.6 Å². The highest BCUT2D eigenvalue weighted by molar-refractivity contribution is 7.83. The number of aromatic amines is 1. The summed E-state index contributed by atoms with van der Waals surface area (Å²) in [6.45, 7) is -1.39. The molecule has 3 atom stereocenters. The van der Waals surface area contributed by atoms with Gasteiger partial charge in [0.15, 0.2) is 6.23 Å². The van der Waals surface area contributed by atoms with Crippen LogP contribution in [0.3, 0.4) is 0 Å². The Bertz CT molecular complexity index is 1740. The average Bonchev–Trinajstić information content (AvgIpc) is 3.08. The van der Waals surface area contributed by atoms with Crippen LogP contribution in [0.25, 0.3) is 0 Å². The third-order valence-electron chi connectivity index (χ3n) is 8.45. The van der Waals surface area contributed by atoms with E-state index in [4.69, 9.17) is 20.5 Å². The van der Waals surface area contributed by atoms with Gasteiger partial charge in [-0.05, 0) is 54.9 Å². The maximum atomic E-state index is 13.4. The molecule has 3 unspecified atom stereocenters. The number of hydrogen-bond donors (Lipinski definition) is 2. The number of benzene rings is 3. The zero-order valence-electron chi connectivity index (χ0n) is 27.3. The van der Waals surface area contributed by atoms with Crippen LogP contribution in [-0.2, 0) is 30.6 Å². The van der Waals surface area contributed by atoms with Crippen LogP contribution in [0.1, 0.15) is 41.8 Å². The summed E-state index contributed by atoms with van der Waals surface area (Å²) in [6, 6.07) is 30.3. The number of H-pyrrole nitrogens is 1. The largest absolute Gasteiger partial charge is 0.362 e. The van der Waals surface area contributed by atoms with Crippen LogP contribution in [0.4, 0.5) is 0 Å². The molecular formula is C35H41ClN5O6P.